The minimum absolute atomic E-state index is 0.0313. The number of hydrogen-bond acceptors (Lipinski definition) is 7. The number of imide groups is 1. The molecule has 2 N–H and O–H groups in total. The van der Waals surface area contributed by atoms with Crippen LogP contribution in [-0.4, -0.2) is 63.0 Å². The topological polar surface area (TPSA) is 131 Å². The summed E-state index contributed by atoms with van der Waals surface area (Å²) in [7, 11) is -2.46. The summed E-state index contributed by atoms with van der Waals surface area (Å²) >= 11 is 0. The second kappa shape index (κ2) is 11.7. The highest BCUT2D eigenvalue weighted by Gasteiger charge is 2.29. The van der Waals surface area contributed by atoms with Crippen LogP contribution in [0.5, 0.6) is 5.75 Å². The second-order valence-corrected chi connectivity index (χ2v) is 10.6. The van der Waals surface area contributed by atoms with Gasteiger partial charge in [-0.1, -0.05) is 25.7 Å². The molecule has 1 unspecified atom stereocenters. The summed E-state index contributed by atoms with van der Waals surface area (Å²) < 4.78 is 38.1. The summed E-state index contributed by atoms with van der Waals surface area (Å²) in [4.78, 5) is 37.1. The Hall–Kier alpha value is -2.66. The highest BCUT2D eigenvalue weighted by Crippen LogP contribution is 2.27. The predicted molar refractivity (Wildman–Crippen MR) is 124 cm³/mol. The first-order valence-electron chi connectivity index (χ1n) is 11.7. The zero-order valence-electron chi connectivity index (χ0n) is 19.7. The molecule has 3 rings (SSSR count). The lowest BCUT2D eigenvalue weighted by molar-refractivity contribution is -0.127. The van der Waals surface area contributed by atoms with Gasteiger partial charge in [0.05, 0.1) is 12.0 Å². The number of hydrogen-bond donors (Lipinski definition) is 2. The maximum absolute atomic E-state index is 13.1. The standard InChI is InChI=1S/C23H33N3O7S/c1-16(21(27)25-23(29)24-17-9-5-6-10-17)33-22(28)19-15-18(11-12-20(19)32-2)34(30,31)26-13-7-3-4-8-14-26/h11-12,15-17H,3-10,13-14H2,1-2H3,(H2,24,25,27,29). The molecule has 11 heteroatoms. The van der Waals surface area contributed by atoms with E-state index in [0.29, 0.717) is 13.1 Å². The van der Waals surface area contributed by atoms with Gasteiger partial charge in [0, 0.05) is 19.1 Å². The quantitative estimate of drug-likeness (QED) is 0.556. The Morgan fingerprint density at radius 3 is 2.29 bits per heavy atom. The Morgan fingerprint density at radius 1 is 1.03 bits per heavy atom. The zero-order valence-corrected chi connectivity index (χ0v) is 20.5. The fourth-order valence-electron chi connectivity index (χ4n) is 4.22. The van der Waals surface area contributed by atoms with Gasteiger partial charge in [0.2, 0.25) is 10.0 Å². The van der Waals surface area contributed by atoms with Gasteiger partial charge >= 0.3 is 12.0 Å². The molecule has 0 radical (unpaired) electrons. The van der Waals surface area contributed by atoms with Gasteiger partial charge < -0.3 is 14.8 Å². The molecule has 0 bridgehead atoms. The molecule has 1 aliphatic carbocycles. The number of carbonyl (C=O) groups excluding carboxylic acids is 3. The normalized spacial score (nSPS) is 18.5. The van der Waals surface area contributed by atoms with Crippen LogP contribution >= 0.6 is 0 Å². The van der Waals surface area contributed by atoms with Crippen LogP contribution in [0.3, 0.4) is 0 Å². The first kappa shape index (κ1) is 26.0. The lowest BCUT2D eigenvalue weighted by Crippen LogP contribution is -2.47. The Balaban J connectivity index is 1.69. The number of nitrogens with zero attached hydrogens (tertiary/aromatic N) is 1. The summed E-state index contributed by atoms with van der Waals surface area (Å²) in [5.41, 5.74) is -0.117. The predicted octanol–water partition coefficient (Wildman–Crippen LogP) is 2.57. The minimum atomic E-state index is -3.80. The van der Waals surface area contributed by atoms with E-state index in [9.17, 15) is 22.8 Å². The van der Waals surface area contributed by atoms with Crippen molar-refractivity contribution in [3.8, 4) is 5.75 Å². The third kappa shape index (κ3) is 6.47. The van der Waals surface area contributed by atoms with Crippen molar-refractivity contribution >= 4 is 27.9 Å². The molecule has 1 saturated heterocycles. The molecule has 1 aliphatic heterocycles. The maximum atomic E-state index is 13.1. The van der Waals surface area contributed by atoms with E-state index < -0.39 is 34.0 Å². The lowest BCUT2D eigenvalue weighted by Gasteiger charge is -2.21. The molecule has 1 aromatic rings. The number of benzene rings is 1. The second-order valence-electron chi connectivity index (χ2n) is 8.67. The van der Waals surface area contributed by atoms with Gasteiger partial charge in [0.15, 0.2) is 6.10 Å². The monoisotopic (exact) mass is 495 g/mol. The summed E-state index contributed by atoms with van der Waals surface area (Å²) in [6.45, 7) is 2.18. The van der Waals surface area contributed by atoms with Gasteiger partial charge in [-0.2, -0.15) is 4.31 Å². The molecule has 3 amide bonds. The number of methoxy groups -OCH3 is 1. The van der Waals surface area contributed by atoms with Gasteiger partial charge in [0.1, 0.15) is 11.3 Å². The highest BCUT2D eigenvalue weighted by atomic mass is 32.2. The van der Waals surface area contributed by atoms with E-state index in [4.69, 9.17) is 9.47 Å². The van der Waals surface area contributed by atoms with Crippen molar-refractivity contribution in [2.45, 2.75) is 75.3 Å². The fraction of sp³-hybridized carbons (Fsp3) is 0.609. The number of esters is 1. The highest BCUT2D eigenvalue weighted by molar-refractivity contribution is 7.89. The van der Waals surface area contributed by atoms with Crippen LogP contribution in [0.4, 0.5) is 4.79 Å². The van der Waals surface area contributed by atoms with E-state index in [0.717, 1.165) is 51.4 Å². The largest absolute Gasteiger partial charge is 0.496 e. The van der Waals surface area contributed by atoms with Crippen molar-refractivity contribution in [3.05, 3.63) is 23.8 Å². The van der Waals surface area contributed by atoms with Crippen LogP contribution in [0.25, 0.3) is 0 Å². The summed E-state index contributed by atoms with van der Waals surface area (Å²) in [6, 6.07) is 3.38. The third-order valence-corrected chi connectivity index (χ3v) is 8.07. The summed E-state index contributed by atoms with van der Waals surface area (Å²) in [6.07, 6.45) is 6.03. The Kier molecular flexibility index (Phi) is 8.90. The van der Waals surface area contributed by atoms with E-state index >= 15 is 0 Å². The van der Waals surface area contributed by atoms with Crippen LogP contribution in [0.2, 0.25) is 0 Å². The Bertz CT molecular complexity index is 998. The van der Waals surface area contributed by atoms with Crippen LogP contribution in [-0.2, 0) is 19.6 Å². The number of amides is 3. The van der Waals surface area contributed by atoms with Gasteiger partial charge in [-0.15, -0.1) is 0 Å². The smallest absolute Gasteiger partial charge is 0.342 e. The maximum Gasteiger partial charge on any atom is 0.342 e. The molecule has 0 spiro atoms. The first-order chi connectivity index (χ1) is 16.2. The summed E-state index contributed by atoms with van der Waals surface area (Å²) in [5.74, 6) is -1.59. The average molecular weight is 496 g/mol. The molecule has 1 saturated carbocycles. The molecule has 188 valence electrons. The molecule has 0 aromatic heterocycles. The van der Waals surface area contributed by atoms with Crippen molar-refractivity contribution in [1.29, 1.82) is 0 Å². The fourth-order valence-corrected chi connectivity index (χ4v) is 5.76. The molecule has 1 aromatic carbocycles. The van der Waals surface area contributed by atoms with Gasteiger partial charge in [-0.25, -0.2) is 18.0 Å². The number of carbonyl (C=O) groups is 3. The summed E-state index contributed by atoms with van der Waals surface area (Å²) in [5, 5.41) is 4.90. The van der Waals surface area contributed by atoms with Crippen LogP contribution < -0.4 is 15.4 Å². The van der Waals surface area contributed by atoms with Crippen LogP contribution in [0.15, 0.2) is 23.1 Å². The number of sulfonamides is 1. The molecular weight excluding hydrogens is 462 g/mol. The van der Waals surface area contributed by atoms with E-state index in [2.05, 4.69) is 10.6 Å². The van der Waals surface area contributed by atoms with Crippen molar-refractivity contribution in [2.24, 2.45) is 0 Å². The van der Waals surface area contributed by atoms with Crippen LogP contribution in [0.1, 0.15) is 68.6 Å². The Morgan fingerprint density at radius 2 is 1.68 bits per heavy atom. The number of nitrogens with one attached hydrogen (secondary N) is 2. The van der Waals surface area contributed by atoms with Gasteiger partial charge in [0.25, 0.3) is 5.91 Å². The molecule has 34 heavy (non-hydrogen) atoms. The average Bonchev–Trinajstić information content (AvgIpc) is 3.15. The SMILES string of the molecule is COc1ccc(S(=O)(=O)N2CCCCCC2)cc1C(=O)OC(C)C(=O)NC(=O)NC1CCCC1. The molecular formula is C23H33N3O7S. The van der Waals surface area contributed by atoms with Crippen molar-refractivity contribution in [1.82, 2.24) is 14.9 Å². The van der Waals surface area contributed by atoms with E-state index in [-0.39, 0.29) is 22.3 Å². The molecule has 1 atom stereocenters. The lowest BCUT2D eigenvalue weighted by atomic mass is 10.2. The van der Waals surface area contributed by atoms with Gasteiger partial charge in [-0.3, -0.25) is 10.1 Å². The number of ether oxygens (including phenoxy) is 2. The number of urea groups is 1. The molecule has 2 fully saturated rings. The van der Waals surface area contributed by atoms with E-state index in [1.54, 1.807) is 0 Å². The van der Waals surface area contributed by atoms with Crippen molar-refractivity contribution in [3.63, 3.8) is 0 Å². The van der Waals surface area contributed by atoms with Crippen molar-refractivity contribution in [2.75, 3.05) is 20.2 Å². The van der Waals surface area contributed by atoms with E-state index in [1.165, 1.54) is 36.5 Å². The molecule has 2 aliphatic rings. The van der Waals surface area contributed by atoms with Gasteiger partial charge in [-0.05, 0) is 50.8 Å². The first-order valence-corrected chi connectivity index (χ1v) is 13.2. The Labute approximate surface area is 200 Å². The third-order valence-electron chi connectivity index (χ3n) is 6.17. The van der Waals surface area contributed by atoms with E-state index in [1.807, 2.05) is 0 Å². The van der Waals surface area contributed by atoms with Crippen LogP contribution in [0, 0.1) is 0 Å². The molecule has 1 heterocycles. The molecule has 10 nitrogen and oxygen atoms in total. The zero-order chi connectivity index (χ0) is 24.7. The number of rotatable bonds is 7. The minimum Gasteiger partial charge on any atom is -0.496 e. The van der Waals surface area contributed by atoms with Crippen molar-refractivity contribution < 1.29 is 32.3 Å².